The highest BCUT2D eigenvalue weighted by Gasteiger charge is 2.17. The molecule has 0 aliphatic heterocycles. The minimum absolute atomic E-state index is 0.0538. The summed E-state index contributed by atoms with van der Waals surface area (Å²) in [7, 11) is -3.52. The predicted octanol–water partition coefficient (Wildman–Crippen LogP) is 2.28. The van der Waals surface area contributed by atoms with Gasteiger partial charge in [-0.2, -0.15) is 0 Å². The zero-order valence-electron chi connectivity index (χ0n) is 11.0. The van der Waals surface area contributed by atoms with Gasteiger partial charge in [-0.05, 0) is 25.0 Å². The summed E-state index contributed by atoms with van der Waals surface area (Å²) in [5, 5.41) is 0. The molecule has 1 N–H and O–H groups in total. The van der Waals surface area contributed by atoms with Gasteiger partial charge in [0.05, 0.1) is 4.90 Å². The monoisotopic (exact) mass is 269 g/mol. The molecule has 4 nitrogen and oxygen atoms in total. The first-order chi connectivity index (χ1) is 8.42. The van der Waals surface area contributed by atoms with Crippen LogP contribution in [-0.2, 0) is 10.0 Å². The van der Waals surface area contributed by atoms with E-state index in [0.717, 1.165) is 6.42 Å². The lowest BCUT2D eigenvalue weighted by Gasteiger charge is -2.10. The number of carbonyl (C=O) groups excluding carboxylic acids is 1. The van der Waals surface area contributed by atoms with E-state index in [9.17, 15) is 13.2 Å². The van der Waals surface area contributed by atoms with Gasteiger partial charge in [0.25, 0.3) is 0 Å². The van der Waals surface area contributed by atoms with Crippen LogP contribution in [0.1, 0.15) is 42.6 Å². The standard InChI is InChI=1S/C13H19NO3S/c1-4-8-14-18(16,17)13-9-11(12(15)5-2)7-6-10(13)3/h6-7,9,14H,4-5,8H2,1-3H3. The second-order valence-corrected chi connectivity index (χ2v) is 5.89. The first-order valence-corrected chi connectivity index (χ1v) is 7.54. The molecule has 0 unspecified atom stereocenters. The van der Waals surface area contributed by atoms with Gasteiger partial charge in [0, 0.05) is 18.5 Å². The van der Waals surface area contributed by atoms with Crippen molar-refractivity contribution in [2.24, 2.45) is 0 Å². The molecule has 5 heteroatoms. The number of Topliss-reactive ketones (excluding diaryl/α,β-unsaturated/α-hetero) is 1. The Kier molecular flexibility index (Phi) is 5.04. The minimum Gasteiger partial charge on any atom is -0.294 e. The van der Waals surface area contributed by atoms with Gasteiger partial charge in [-0.15, -0.1) is 0 Å². The zero-order valence-corrected chi connectivity index (χ0v) is 11.8. The fourth-order valence-electron chi connectivity index (χ4n) is 1.58. The van der Waals surface area contributed by atoms with E-state index in [-0.39, 0.29) is 10.7 Å². The normalized spacial score (nSPS) is 11.5. The maximum absolute atomic E-state index is 12.1. The summed E-state index contributed by atoms with van der Waals surface area (Å²) in [5.41, 5.74) is 1.09. The lowest BCUT2D eigenvalue weighted by Crippen LogP contribution is -2.25. The van der Waals surface area contributed by atoms with Crippen molar-refractivity contribution in [2.45, 2.75) is 38.5 Å². The fraction of sp³-hybridized carbons (Fsp3) is 0.462. The van der Waals surface area contributed by atoms with Crippen LogP contribution in [0.5, 0.6) is 0 Å². The molecule has 0 radical (unpaired) electrons. The highest BCUT2D eigenvalue weighted by atomic mass is 32.2. The molecule has 0 saturated heterocycles. The van der Waals surface area contributed by atoms with E-state index < -0.39 is 10.0 Å². The Hall–Kier alpha value is -1.20. The van der Waals surface area contributed by atoms with Crippen LogP contribution in [-0.4, -0.2) is 20.7 Å². The summed E-state index contributed by atoms with van der Waals surface area (Å²) < 4.78 is 26.6. The molecule has 18 heavy (non-hydrogen) atoms. The minimum atomic E-state index is -3.52. The molecule has 1 aromatic rings. The predicted molar refractivity (Wildman–Crippen MR) is 71.3 cm³/mol. The maximum Gasteiger partial charge on any atom is 0.240 e. The quantitative estimate of drug-likeness (QED) is 0.806. The summed E-state index contributed by atoms with van der Waals surface area (Å²) in [6.45, 7) is 5.77. The topological polar surface area (TPSA) is 63.2 Å². The molecule has 0 aromatic heterocycles. The molecule has 0 atom stereocenters. The molecular formula is C13H19NO3S. The lowest BCUT2D eigenvalue weighted by molar-refractivity contribution is 0.0988. The van der Waals surface area contributed by atoms with Crippen LogP contribution in [0.3, 0.4) is 0 Å². The maximum atomic E-state index is 12.1. The van der Waals surface area contributed by atoms with Crippen LogP contribution < -0.4 is 4.72 Å². The molecule has 0 saturated carbocycles. The number of rotatable bonds is 6. The lowest BCUT2D eigenvalue weighted by atomic mass is 10.1. The molecule has 100 valence electrons. The highest BCUT2D eigenvalue weighted by molar-refractivity contribution is 7.89. The van der Waals surface area contributed by atoms with Crippen molar-refractivity contribution in [1.29, 1.82) is 0 Å². The van der Waals surface area contributed by atoms with E-state index in [4.69, 9.17) is 0 Å². The van der Waals surface area contributed by atoms with Crippen molar-refractivity contribution in [3.05, 3.63) is 29.3 Å². The average Bonchev–Trinajstić information content (AvgIpc) is 2.35. The third-order valence-corrected chi connectivity index (χ3v) is 4.27. The van der Waals surface area contributed by atoms with Gasteiger partial charge in [-0.25, -0.2) is 13.1 Å². The number of hydrogen-bond donors (Lipinski definition) is 1. The Bertz CT molecular complexity index is 535. The van der Waals surface area contributed by atoms with Crippen LogP contribution in [0.25, 0.3) is 0 Å². The summed E-state index contributed by atoms with van der Waals surface area (Å²) in [5.74, 6) is -0.0538. The number of benzene rings is 1. The number of sulfonamides is 1. The van der Waals surface area contributed by atoms with E-state index >= 15 is 0 Å². The van der Waals surface area contributed by atoms with Gasteiger partial charge in [0.15, 0.2) is 5.78 Å². The molecule has 0 spiro atoms. The van der Waals surface area contributed by atoms with Crippen molar-refractivity contribution >= 4 is 15.8 Å². The largest absolute Gasteiger partial charge is 0.294 e. The average molecular weight is 269 g/mol. The third-order valence-electron chi connectivity index (χ3n) is 2.66. The number of carbonyl (C=O) groups is 1. The molecule has 0 amide bonds. The summed E-state index contributed by atoms with van der Waals surface area (Å²) in [4.78, 5) is 11.8. The second-order valence-electron chi connectivity index (χ2n) is 4.15. The first-order valence-electron chi connectivity index (χ1n) is 6.06. The SMILES string of the molecule is CCCNS(=O)(=O)c1cc(C(=O)CC)ccc1C. The number of ketones is 1. The smallest absolute Gasteiger partial charge is 0.240 e. The Balaban J connectivity index is 3.19. The molecule has 0 bridgehead atoms. The Morgan fingerprint density at radius 1 is 1.28 bits per heavy atom. The molecule has 1 aromatic carbocycles. The summed E-state index contributed by atoms with van der Waals surface area (Å²) in [6.07, 6.45) is 1.09. The zero-order chi connectivity index (χ0) is 13.8. The number of aryl methyl sites for hydroxylation is 1. The molecule has 0 heterocycles. The molecule has 1 rings (SSSR count). The van der Waals surface area contributed by atoms with E-state index in [1.807, 2.05) is 6.92 Å². The summed E-state index contributed by atoms with van der Waals surface area (Å²) >= 11 is 0. The second kappa shape index (κ2) is 6.11. The third kappa shape index (κ3) is 3.40. The van der Waals surface area contributed by atoms with Crippen LogP contribution in [0, 0.1) is 6.92 Å². The van der Waals surface area contributed by atoms with Gasteiger partial charge in [-0.3, -0.25) is 4.79 Å². The van der Waals surface area contributed by atoms with Gasteiger partial charge in [0.2, 0.25) is 10.0 Å². The Labute approximate surface area is 108 Å². The van der Waals surface area contributed by atoms with Crippen LogP contribution in [0.2, 0.25) is 0 Å². The first kappa shape index (κ1) is 14.9. The molecule has 0 aliphatic carbocycles. The van der Waals surface area contributed by atoms with Crippen LogP contribution in [0.15, 0.2) is 23.1 Å². The highest BCUT2D eigenvalue weighted by Crippen LogP contribution is 2.18. The van der Waals surface area contributed by atoms with Crippen molar-refractivity contribution in [3.63, 3.8) is 0 Å². The number of nitrogens with one attached hydrogen (secondary N) is 1. The van der Waals surface area contributed by atoms with Crippen molar-refractivity contribution < 1.29 is 13.2 Å². The van der Waals surface area contributed by atoms with Crippen molar-refractivity contribution in [2.75, 3.05) is 6.54 Å². The van der Waals surface area contributed by atoms with Gasteiger partial charge in [-0.1, -0.05) is 26.0 Å². The van der Waals surface area contributed by atoms with E-state index in [1.54, 1.807) is 26.0 Å². The van der Waals surface area contributed by atoms with Gasteiger partial charge in [0.1, 0.15) is 0 Å². The molecular weight excluding hydrogens is 250 g/mol. The fourth-order valence-corrected chi connectivity index (χ4v) is 2.98. The Morgan fingerprint density at radius 2 is 1.94 bits per heavy atom. The van der Waals surface area contributed by atoms with Crippen molar-refractivity contribution in [3.8, 4) is 0 Å². The molecule has 0 aliphatic rings. The van der Waals surface area contributed by atoms with Crippen molar-refractivity contribution in [1.82, 2.24) is 4.72 Å². The molecule has 0 fully saturated rings. The van der Waals surface area contributed by atoms with E-state index in [2.05, 4.69) is 4.72 Å². The number of hydrogen-bond acceptors (Lipinski definition) is 3. The summed E-state index contributed by atoms with van der Waals surface area (Å²) in [6, 6.07) is 4.79. The van der Waals surface area contributed by atoms with E-state index in [0.29, 0.717) is 24.1 Å². The van der Waals surface area contributed by atoms with Crippen LogP contribution >= 0.6 is 0 Å². The van der Waals surface area contributed by atoms with Gasteiger partial charge >= 0.3 is 0 Å². The Morgan fingerprint density at radius 3 is 2.50 bits per heavy atom. The van der Waals surface area contributed by atoms with Crippen LogP contribution in [0.4, 0.5) is 0 Å². The van der Waals surface area contributed by atoms with Gasteiger partial charge < -0.3 is 0 Å². The van der Waals surface area contributed by atoms with E-state index in [1.165, 1.54) is 6.07 Å².